The third kappa shape index (κ3) is 4.98. The first-order valence-corrected chi connectivity index (χ1v) is 10.1. The van der Waals surface area contributed by atoms with E-state index in [-0.39, 0.29) is 31.0 Å². The molecule has 3 rings (SSSR count). The number of hydrogen-bond acceptors (Lipinski definition) is 4. The maximum Gasteiger partial charge on any atom is 0.261 e. The second-order valence-electron chi connectivity index (χ2n) is 6.56. The van der Waals surface area contributed by atoms with E-state index in [2.05, 4.69) is 10.3 Å². The number of anilines is 1. The van der Waals surface area contributed by atoms with Crippen LogP contribution in [0.15, 0.2) is 53.6 Å². The highest BCUT2D eigenvalue weighted by Gasteiger charge is 2.17. The average Bonchev–Trinajstić information content (AvgIpc) is 2.74. The number of fused-ring (bicyclic) bond motifs is 1. The highest BCUT2D eigenvalue weighted by molar-refractivity contribution is 6.39. The molecular formula is C21H20Cl2N4O3. The Bertz CT molecular complexity index is 1130. The quantitative estimate of drug-likeness (QED) is 0.600. The summed E-state index contributed by atoms with van der Waals surface area (Å²) in [4.78, 5) is 43.2. The summed E-state index contributed by atoms with van der Waals surface area (Å²) in [6.45, 7) is 2.14. The molecule has 0 unspecified atom stereocenters. The summed E-state index contributed by atoms with van der Waals surface area (Å²) in [6, 6.07) is 11.9. The van der Waals surface area contributed by atoms with Gasteiger partial charge in [0.05, 0.1) is 39.5 Å². The molecule has 1 heterocycles. The largest absolute Gasteiger partial charge is 0.334 e. The van der Waals surface area contributed by atoms with Gasteiger partial charge in [-0.15, -0.1) is 0 Å². The van der Waals surface area contributed by atoms with Crippen LogP contribution in [0, 0.1) is 0 Å². The summed E-state index contributed by atoms with van der Waals surface area (Å²) in [5.41, 5.74) is 0.709. The summed E-state index contributed by atoms with van der Waals surface area (Å²) in [5, 5.41) is 3.76. The molecule has 0 spiro atoms. The molecule has 1 N–H and O–H groups in total. The number of amides is 2. The molecular weight excluding hydrogens is 427 g/mol. The lowest BCUT2D eigenvalue weighted by Crippen LogP contribution is -2.38. The second kappa shape index (κ2) is 9.73. The predicted octanol–water partition coefficient (Wildman–Crippen LogP) is 3.58. The highest BCUT2D eigenvalue weighted by atomic mass is 35.5. The summed E-state index contributed by atoms with van der Waals surface area (Å²) >= 11 is 12.1. The fourth-order valence-corrected chi connectivity index (χ4v) is 3.48. The van der Waals surface area contributed by atoms with E-state index in [4.69, 9.17) is 23.2 Å². The Morgan fingerprint density at radius 2 is 1.80 bits per heavy atom. The molecule has 2 amide bonds. The van der Waals surface area contributed by atoms with E-state index in [0.717, 1.165) is 0 Å². The van der Waals surface area contributed by atoms with Crippen LogP contribution in [0.1, 0.15) is 13.3 Å². The zero-order valence-corrected chi connectivity index (χ0v) is 17.8. The van der Waals surface area contributed by atoms with Crippen molar-refractivity contribution in [3.05, 3.63) is 69.2 Å². The Labute approximate surface area is 183 Å². The lowest BCUT2D eigenvalue weighted by molar-refractivity contribution is -0.134. The van der Waals surface area contributed by atoms with Crippen LogP contribution in [-0.4, -0.2) is 39.4 Å². The number of aromatic nitrogens is 2. The number of para-hydroxylation sites is 2. The number of rotatable bonds is 7. The first-order chi connectivity index (χ1) is 14.4. The third-order valence-electron chi connectivity index (χ3n) is 4.59. The Balaban J connectivity index is 1.63. The van der Waals surface area contributed by atoms with Gasteiger partial charge in [0.25, 0.3) is 5.56 Å². The molecule has 30 heavy (non-hydrogen) atoms. The van der Waals surface area contributed by atoms with Gasteiger partial charge in [0, 0.05) is 19.5 Å². The smallest absolute Gasteiger partial charge is 0.261 e. The minimum Gasteiger partial charge on any atom is -0.334 e. The zero-order valence-electron chi connectivity index (χ0n) is 16.3. The van der Waals surface area contributed by atoms with Gasteiger partial charge < -0.3 is 10.2 Å². The SMILES string of the molecule is CCN(CC(=O)Nc1c(Cl)cccc1Cl)C(=O)CCn1cnc2ccccc2c1=O. The number of hydrogen-bond donors (Lipinski definition) is 1. The van der Waals surface area contributed by atoms with E-state index in [1.54, 1.807) is 43.3 Å². The van der Waals surface area contributed by atoms with Crippen LogP contribution in [0.4, 0.5) is 5.69 Å². The number of nitrogens with one attached hydrogen (secondary N) is 1. The molecule has 7 nitrogen and oxygen atoms in total. The summed E-state index contributed by atoms with van der Waals surface area (Å²) in [7, 11) is 0. The van der Waals surface area contributed by atoms with Crippen molar-refractivity contribution in [2.24, 2.45) is 0 Å². The van der Waals surface area contributed by atoms with E-state index in [1.165, 1.54) is 15.8 Å². The van der Waals surface area contributed by atoms with Crippen molar-refractivity contribution in [1.82, 2.24) is 14.5 Å². The molecule has 1 aromatic heterocycles. The van der Waals surface area contributed by atoms with Crippen molar-refractivity contribution < 1.29 is 9.59 Å². The van der Waals surface area contributed by atoms with Gasteiger partial charge >= 0.3 is 0 Å². The fourth-order valence-electron chi connectivity index (χ4n) is 2.99. The van der Waals surface area contributed by atoms with E-state index >= 15 is 0 Å². The van der Waals surface area contributed by atoms with Crippen molar-refractivity contribution in [2.45, 2.75) is 19.9 Å². The molecule has 2 aromatic carbocycles. The summed E-state index contributed by atoms with van der Waals surface area (Å²) in [5.74, 6) is -0.664. The number of benzene rings is 2. The maximum absolute atomic E-state index is 12.6. The Morgan fingerprint density at radius 1 is 1.10 bits per heavy atom. The van der Waals surface area contributed by atoms with Crippen LogP contribution >= 0.6 is 23.2 Å². The number of aryl methyl sites for hydroxylation is 1. The van der Waals surface area contributed by atoms with Gasteiger partial charge in [-0.1, -0.05) is 41.4 Å². The normalized spacial score (nSPS) is 10.8. The van der Waals surface area contributed by atoms with Crippen molar-refractivity contribution in [1.29, 1.82) is 0 Å². The number of halogens is 2. The minimum atomic E-state index is -0.412. The van der Waals surface area contributed by atoms with Crippen molar-refractivity contribution >= 4 is 51.6 Å². The predicted molar refractivity (Wildman–Crippen MR) is 118 cm³/mol. The van der Waals surface area contributed by atoms with E-state index in [0.29, 0.717) is 33.2 Å². The Hall–Kier alpha value is -2.90. The molecule has 0 aliphatic heterocycles. The number of likely N-dealkylation sites (N-methyl/N-ethyl adjacent to an activating group) is 1. The van der Waals surface area contributed by atoms with E-state index in [9.17, 15) is 14.4 Å². The van der Waals surface area contributed by atoms with Crippen LogP contribution in [0.3, 0.4) is 0 Å². The molecule has 0 saturated heterocycles. The standard InChI is InChI=1S/C21H20Cl2N4O3/c1-2-26(12-18(28)25-20-15(22)7-5-8-16(20)23)19(29)10-11-27-13-24-17-9-4-3-6-14(17)21(27)30/h3-9,13H,2,10-12H2,1H3,(H,25,28). The lowest BCUT2D eigenvalue weighted by atomic mass is 10.2. The van der Waals surface area contributed by atoms with E-state index in [1.807, 2.05) is 6.07 Å². The van der Waals surface area contributed by atoms with Crippen molar-refractivity contribution in [3.63, 3.8) is 0 Å². The third-order valence-corrected chi connectivity index (χ3v) is 5.22. The number of carbonyl (C=O) groups excluding carboxylic acids is 2. The lowest BCUT2D eigenvalue weighted by Gasteiger charge is -2.21. The van der Waals surface area contributed by atoms with Crippen molar-refractivity contribution in [3.8, 4) is 0 Å². The topological polar surface area (TPSA) is 84.3 Å². The molecule has 0 aliphatic rings. The molecule has 156 valence electrons. The number of nitrogens with zero attached hydrogens (tertiary/aromatic N) is 3. The van der Waals surface area contributed by atoms with Gasteiger partial charge in [0.2, 0.25) is 11.8 Å². The fraction of sp³-hybridized carbons (Fsp3) is 0.238. The molecule has 0 atom stereocenters. The maximum atomic E-state index is 12.6. The van der Waals surface area contributed by atoms with Crippen LogP contribution in [0.25, 0.3) is 10.9 Å². The molecule has 9 heteroatoms. The van der Waals surface area contributed by atoms with Crippen LogP contribution in [0.2, 0.25) is 10.0 Å². The average molecular weight is 447 g/mol. The van der Waals surface area contributed by atoms with Gasteiger partial charge in [-0.3, -0.25) is 19.0 Å². The van der Waals surface area contributed by atoms with Crippen LogP contribution < -0.4 is 10.9 Å². The van der Waals surface area contributed by atoms with Crippen LogP contribution in [-0.2, 0) is 16.1 Å². The van der Waals surface area contributed by atoms with Crippen molar-refractivity contribution in [2.75, 3.05) is 18.4 Å². The number of carbonyl (C=O) groups is 2. The zero-order chi connectivity index (χ0) is 21.7. The minimum absolute atomic E-state index is 0.0634. The van der Waals surface area contributed by atoms with E-state index < -0.39 is 5.91 Å². The molecule has 3 aromatic rings. The van der Waals surface area contributed by atoms with Gasteiger partial charge in [-0.25, -0.2) is 4.98 Å². The Kier molecular flexibility index (Phi) is 7.07. The van der Waals surface area contributed by atoms with Gasteiger partial charge in [-0.05, 0) is 31.2 Å². The molecule has 0 aliphatic carbocycles. The Morgan fingerprint density at radius 3 is 2.50 bits per heavy atom. The van der Waals surface area contributed by atoms with Crippen LogP contribution in [0.5, 0.6) is 0 Å². The highest BCUT2D eigenvalue weighted by Crippen LogP contribution is 2.29. The summed E-state index contributed by atoms with van der Waals surface area (Å²) < 4.78 is 1.40. The molecule has 0 bridgehead atoms. The molecule has 0 radical (unpaired) electrons. The molecule has 0 saturated carbocycles. The van der Waals surface area contributed by atoms with Gasteiger partial charge in [0.1, 0.15) is 0 Å². The monoisotopic (exact) mass is 446 g/mol. The van der Waals surface area contributed by atoms with Gasteiger partial charge in [0.15, 0.2) is 0 Å². The second-order valence-corrected chi connectivity index (χ2v) is 7.38. The molecule has 0 fully saturated rings. The first-order valence-electron chi connectivity index (χ1n) is 9.36. The summed E-state index contributed by atoms with van der Waals surface area (Å²) in [6.07, 6.45) is 1.49. The van der Waals surface area contributed by atoms with Gasteiger partial charge in [-0.2, -0.15) is 0 Å². The first kappa shape index (κ1) is 21.8.